The van der Waals surface area contributed by atoms with Crippen molar-refractivity contribution < 1.29 is 0 Å². The van der Waals surface area contributed by atoms with Crippen molar-refractivity contribution in [2.24, 2.45) is 5.84 Å². The first kappa shape index (κ1) is 10.4. The molecular formula is C8H13BrN4. The molecule has 0 radical (unpaired) electrons. The minimum Gasteiger partial charge on any atom is -0.307 e. The van der Waals surface area contributed by atoms with E-state index in [0.717, 1.165) is 10.2 Å². The van der Waals surface area contributed by atoms with Crippen molar-refractivity contribution in [3.05, 3.63) is 16.5 Å². The van der Waals surface area contributed by atoms with E-state index in [1.165, 1.54) is 6.33 Å². The minimum absolute atomic E-state index is 0.0205. The maximum atomic E-state index is 5.29. The summed E-state index contributed by atoms with van der Waals surface area (Å²) in [5, 5.41) is 0. The Labute approximate surface area is 86.1 Å². The number of hydrogen-bond acceptors (Lipinski definition) is 4. The maximum absolute atomic E-state index is 5.29. The Kier molecular flexibility index (Phi) is 2.87. The molecule has 0 bridgehead atoms. The Bertz CT molecular complexity index is 306. The lowest BCUT2D eigenvalue weighted by atomic mass is 9.92. The van der Waals surface area contributed by atoms with Crippen LogP contribution in [0.5, 0.6) is 0 Å². The molecule has 0 aromatic carbocycles. The first-order chi connectivity index (χ1) is 5.96. The molecule has 13 heavy (non-hydrogen) atoms. The smallest absolute Gasteiger partial charge is 0.158 e. The van der Waals surface area contributed by atoms with Crippen LogP contribution in [0.3, 0.4) is 0 Å². The Morgan fingerprint density at radius 2 is 2.00 bits per heavy atom. The van der Waals surface area contributed by atoms with Gasteiger partial charge in [0, 0.05) is 5.41 Å². The van der Waals surface area contributed by atoms with Crippen LogP contribution in [0.2, 0.25) is 0 Å². The van der Waals surface area contributed by atoms with Crippen molar-refractivity contribution in [3.8, 4) is 0 Å². The first-order valence-corrected chi connectivity index (χ1v) is 4.73. The molecule has 1 heterocycles. The predicted molar refractivity (Wildman–Crippen MR) is 56.2 cm³/mol. The number of anilines is 1. The van der Waals surface area contributed by atoms with E-state index in [0.29, 0.717) is 5.82 Å². The molecule has 72 valence electrons. The minimum atomic E-state index is -0.0205. The molecule has 0 aliphatic heterocycles. The van der Waals surface area contributed by atoms with Crippen LogP contribution in [0.25, 0.3) is 0 Å². The second-order valence-electron chi connectivity index (χ2n) is 3.78. The van der Waals surface area contributed by atoms with Crippen molar-refractivity contribution in [2.75, 3.05) is 5.43 Å². The summed E-state index contributed by atoms with van der Waals surface area (Å²) in [6.07, 6.45) is 1.50. The van der Waals surface area contributed by atoms with Crippen molar-refractivity contribution in [3.63, 3.8) is 0 Å². The number of nitrogen functional groups attached to an aromatic ring is 1. The molecule has 4 nitrogen and oxygen atoms in total. The molecule has 0 aliphatic rings. The molecule has 0 spiro atoms. The maximum Gasteiger partial charge on any atom is 0.158 e. The normalized spacial score (nSPS) is 11.5. The third-order valence-electron chi connectivity index (χ3n) is 1.64. The fraction of sp³-hybridized carbons (Fsp3) is 0.500. The van der Waals surface area contributed by atoms with Crippen molar-refractivity contribution in [1.82, 2.24) is 9.97 Å². The lowest BCUT2D eigenvalue weighted by molar-refractivity contribution is 0.563. The van der Waals surface area contributed by atoms with Gasteiger partial charge in [0.05, 0.1) is 10.2 Å². The quantitative estimate of drug-likeness (QED) is 0.585. The summed E-state index contributed by atoms with van der Waals surface area (Å²) < 4.78 is 0.824. The average molecular weight is 245 g/mol. The Morgan fingerprint density at radius 3 is 2.46 bits per heavy atom. The fourth-order valence-electron chi connectivity index (χ4n) is 0.993. The highest BCUT2D eigenvalue weighted by atomic mass is 79.9. The highest BCUT2D eigenvalue weighted by Crippen LogP contribution is 2.30. The van der Waals surface area contributed by atoms with Gasteiger partial charge in [-0.15, -0.1) is 0 Å². The van der Waals surface area contributed by atoms with Crippen LogP contribution in [0, 0.1) is 0 Å². The van der Waals surface area contributed by atoms with Crippen LogP contribution in [-0.4, -0.2) is 9.97 Å². The van der Waals surface area contributed by atoms with Gasteiger partial charge in [-0.25, -0.2) is 15.8 Å². The average Bonchev–Trinajstić information content (AvgIpc) is 2.02. The van der Waals surface area contributed by atoms with Gasteiger partial charge < -0.3 is 5.43 Å². The highest BCUT2D eigenvalue weighted by molar-refractivity contribution is 9.10. The van der Waals surface area contributed by atoms with Crippen LogP contribution < -0.4 is 11.3 Å². The number of hydrazine groups is 1. The number of hydrogen-bond donors (Lipinski definition) is 2. The number of aromatic nitrogens is 2. The van der Waals surface area contributed by atoms with Gasteiger partial charge in [-0.3, -0.25) is 0 Å². The van der Waals surface area contributed by atoms with Gasteiger partial charge in [0.25, 0.3) is 0 Å². The Hall–Kier alpha value is -0.680. The lowest BCUT2D eigenvalue weighted by Gasteiger charge is -2.19. The molecule has 0 amide bonds. The summed E-state index contributed by atoms with van der Waals surface area (Å²) in [6.45, 7) is 6.25. The SMILES string of the molecule is CC(C)(C)c1ncnc(NN)c1Br. The van der Waals surface area contributed by atoms with E-state index in [-0.39, 0.29) is 5.41 Å². The predicted octanol–water partition coefficient (Wildman–Crippen LogP) is 1.82. The largest absolute Gasteiger partial charge is 0.307 e. The fourth-order valence-corrected chi connectivity index (χ4v) is 1.91. The number of nitrogens with one attached hydrogen (secondary N) is 1. The molecule has 0 atom stereocenters. The molecule has 1 aromatic rings. The zero-order valence-electron chi connectivity index (χ0n) is 7.93. The van der Waals surface area contributed by atoms with Crippen molar-refractivity contribution >= 4 is 21.7 Å². The van der Waals surface area contributed by atoms with Gasteiger partial charge in [-0.2, -0.15) is 0 Å². The van der Waals surface area contributed by atoms with E-state index in [2.05, 4.69) is 52.1 Å². The van der Waals surface area contributed by atoms with Gasteiger partial charge in [-0.1, -0.05) is 20.8 Å². The summed E-state index contributed by atoms with van der Waals surface area (Å²) in [6, 6.07) is 0. The van der Waals surface area contributed by atoms with E-state index in [9.17, 15) is 0 Å². The zero-order chi connectivity index (χ0) is 10.1. The standard InChI is InChI=1S/C8H13BrN4/c1-8(2,3)6-5(9)7(13-10)12-4-11-6/h4H,10H2,1-3H3,(H,11,12,13). The number of halogens is 1. The molecule has 1 rings (SSSR count). The van der Waals surface area contributed by atoms with Crippen LogP contribution >= 0.6 is 15.9 Å². The molecule has 5 heteroatoms. The van der Waals surface area contributed by atoms with E-state index in [1.54, 1.807) is 0 Å². The van der Waals surface area contributed by atoms with E-state index >= 15 is 0 Å². The summed E-state index contributed by atoms with van der Waals surface area (Å²) in [4.78, 5) is 8.18. The molecule has 1 aromatic heterocycles. The monoisotopic (exact) mass is 244 g/mol. The number of nitrogens with zero attached hydrogens (tertiary/aromatic N) is 2. The summed E-state index contributed by atoms with van der Waals surface area (Å²) in [5.41, 5.74) is 3.43. The van der Waals surface area contributed by atoms with E-state index in [1.807, 2.05) is 0 Å². The number of nitrogens with two attached hydrogens (primary N) is 1. The summed E-state index contributed by atoms with van der Waals surface area (Å²) in [5.74, 6) is 5.90. The Morgan fingerprint density at radius 1 is 1.38 bits per heavy atom. The molecule has 0 unspecified atom stereocenters. The molecule has 3 N–H and O–H groups in total. The van der Waals surface area contributed by atoms with Crippen LogP contribution in [0.15, 0.2) is 10.8 Å². The van der Waals surface area contributed by atoms with Gasteiger partial charge in [-0.05, 0) is 15.9 Å². The molecule has 0 saturated carbocycles. The zero-order valence-corrected chi connectivity index (χ0v) is 9.51. The van der Waals surface area contributed by atoms with Crippen LogP contribution in [0.1, 0.15) is 26.5 Å². The second-order valence-corrected chi connectivity index (χ2v) is 4.57. The van der Waals surface area contributed by atoms with Gasteiger partial charge in [0.15, 0.2) is 5.82 Å². The first-order valence-electron chi connectivity index (χ1n) is 3.94. The second kappa shape index (κ2) is 3.59. The topological polar surface area (TPSA) is 63.8 Å². The third-order valence-corrected chi connectivity index (χ3v) is 2.39. The third kappa shape index (κ3) is 2.16. The van der Waals surface area contributed by atoms with Gasteiger partial charge in [0.2, 0.25) is 0 Å². The van der Waals surface area contributed by atoms with Crippen LogP contribution in [-0.2, 0) is 5.41 Å². The van der Waals surface area contributed by atoms with E-state index in [4.69, 9.17) is 5.84 Å². The van der Waals surface area contributed by atoms with Gasteiger partial charge in [0.1, 0.15) is 6.33 Å². The highest BCUT2D eigenvalue weighted by Gasteiger charge is 2.20. The summed E-state index contributed by atoms with van der Waals surface area (Å²) in [7, 11) is 0. The van der Waals surface area contributed by atoms with E-state index < -0.39 is 0 Å². The van der Waals surface area contributed by atoms with Gasteiger partial charge >= 0.3 is 0 Å². The van der Waals surface area contributed by atoms with Crippen molar-refractivity contribution in [2.45, 2.75) is 26.2 Å². The molecular weight excluding hydrogens is 232 g/mol. The summed E-state index contributed by atoms with van der Waals surface area (Å²) >= 11 is 3.41. The van der Waals surface area contributed by atoms with Crippen LogP contribution in [0.4, 0.5) is 5.82 Å². The lowest BCUT2D eigenvalue weighted by Crippen LogP contribution is -2.17. The van der Waals surface area contributed by atoms with Crippen molar-refractivity contribution in [1.29, 1.82) is 0 Å². The molecule has 0 aliphatic carbocycles. The number of rotatable bonds is 1. The molecule has 0 saturated heterocycles. The molecule has 0 fully saturated rings. The Balaban J connectivity index is 3.24.